The van der Waals surface area contributed by atoms with Crippen LogP contribution >= 0.6 is 0 Å². The largest absolute Gasteiger partial charge is 0.493 e. The standard InChI is InChI=1S/C13H21NO3/c1-9(15)8-17-12-6-5-11(10(2)14-3)7-13(12)16-4/h5-7,9-10,14-15H,8H2,1-4H3. The molecule has 0 spiro atoms. The molecule has 1 aromatic carbocycles. The normalized spacial score (nSPS) is 14.2. The predicted molar refractivity (Wildman–Crippen MR) is 67.6 cm³/mol. The molecule has 0 aromatic heterocycles. The van der Waals surface area contributed by atoms with E-state index in [-0.39, 0.29) is 12.6 Å². The maximum absolute atomic E-state index is 9.18. The van der Waals surface area contributed by atoms with Crippen molar-refractivity contribution in [2.24, 2.45) is 0 Å². The molecule has 4 nitrogen and oxygen atoms in total. The van der Waals surface area contributed by atoms with Crippen LogP contribution < -0.4 is 14.8 Å². The van der Waals surface area contributed by atoms with Gasteiger partial charge in [-0.3, -0.25) is 0 Å². The summed E-state index contributed by atoms with van der Waals surface area (Å²) < 4.78 is 10.7. The minimum absolute atomic E-state index is 0.259. The van der Waals surface area contributed by atoms with Crippen molar-refractivity contribution in [2.75, 3.05) is 20.8 Å². The van der Waals surface area contributed by atoms with Gasteiger partial charge in [-0.25, -0.2) is 0 Å². The van der Waals surface area contributed by atoms with E-state index in [1.54, 1.807) is 14.0 Å². The summed E-state index contributed by atoms with van der Waals surface area (Å²) in [6, 6.07) is 6.05. The van der Waals surface area contributed by atoms with Crippen molar-refractivity contribution in [3.8, 4) is 11.5 Å². The number of nitrogens with one attached hydrogen (secondary N) is 1. The smallest absolute Gasteiger partial charge is 0.161 e. The summed E-state index contributed by atoms with van der Waals surface area (Å²) in [6.45, 7) is 4.02. The third-order valence-corrected chi connectivity index (χ3v) is 2.60. The molecule has 0 saturated carbocycles. The summed E-state index contributed by atoms with van der Waals surface area (Å²) in [7, 11) is 3.52. The molecule has 4 heteroatoms. The Balaban J connectivity index is 2.85. The number of hydrogen-bond acceptors (Lipinski definition) is 4. The molecular formula is C13H21NO3. The van der Waals surface area contributed by atoms with Crippen LogP contribution in [0.15, 0.2) is 18.2 Å². The number of aliphatic hydroxyl groups excluding tert-OH is 1. The molecular weight excluding hydrogens is 218 g/mol. The van der Waals surface area contributed by atoms with Gasteiger partial charge in [-0.15, -0.1) is 0 Å². The maximum Gasteiger partial charge on any atom is 0.161 e. The Morgan fingerprint density at radius 1 is 1.29 bits per heavy atom. The lowest BCUT2D eigenvalue weighted by Crippen LogP contribution is -2.14. The van der Waals surface area contributed by atoms with Crippen LogP contribution in [0.25, 0.3) is 0 Å². The monoisotopic (exact) mass is 239 g/mol. The van der Waals surface area contributed by atoms with Gasteiger partial charge in [-0.1, -0.05) is 6.07 Å². The average molecular weight is 239 g/mol. The van der Waals surface area contributed by atoms with Crippen LogP contribution in [0.1, 0.15) is 25.5 Å². The van der Waals surface area contributed by atoms with Crippen LogP contribution in [0, 0.1) is 0 Å². The lowest BCUT2D eigenvalue weighted by atomic mass is 10.1. The molecule has 0 aliphatic heterocycles. The molecule has 0 radical (unpaired) electrons. The molecule has 17 heavy (non-hydrogen) atoms. The number of methoxy groups -OCH3 is 1. The SMILES string of the molecule is CNC(C)c1ccc(OCC(C)O)c(OC)c1. The van der Waals surface area contributed by atoms with Crippen molar-refractivity contribution in [3.05, 3.63) is 23.8 Å². The van der Waals surface area contributed by atoms with E-state index in [9.17, 15) is 5.11 Å². The van der Waals surface area contributed by atoms with Crippen LogP contribution in [-0.2, 0) is 0 Å². The van der Waals surface area contributed by atoms with E-state index in [1.807, 2.05) is 25.2 Å². The molecule has 2 unspecified atom stereocenters. The number of benzene rings is 1. The molecule has 96 valence electrons. The zero-order valence-electron chi connectivity index (χ0n) is 10.9. The van der Waals surface area contributed by atoms with E-state index in [1.165, 1.54) is 0 Å². The van der Waals surface area contributed by atoms with Crippen LogP contribution in [-0.4, -0.2) is 32.0 Å². The molecule has 0 aliphatic carbocycles. The molecule has 1 rings (SSSR count). The van der Waals surface area contributed by atoms with Crippen molar-refractivity contribution in [1.29, 1.82) is 0 Å². The van der Waals surface area contributed by atoms with Gasteiger partial charge >= 0.3 is 0 Å². The summed E-state index contributed by atoms with van der Waals surface area (Å²) in [6.07, 6.45) is -0.490. The van der Waals surface area contributed by atoms with Crippen LogP contribution in [0.5, 0.6) is 11.5 Å². The topological polar surface area (TPSA) is 50.7 Å². The first kappa shape index (κ1) is 13.8. The van der Waals surface area contributed by atoms with Crippen molar-refractivity contribution >= 4 is 0 Å². The third-order valence-electron chi connectivity index (χ3n) is 2.60. The van der Waals surface area contributed by atoms with Gasteiger partial charge in [0.1, 0.15) is 6.61 Å². The average Bonchev–Trinajstić information content (AvgIpc) is 2.34. The first-order valence-corrected chi connectivity index (χ1v) is 5.74. The summed E-state index contributed by atoms with van der Waals surface area (Å²) in [4.78, 5) is 0. The summed E-state index contributed by atoms with van der Waals surface area (Å²) >= 11 is 0. The van der Waals surface area contributed by atoms with E-state index in [4.69, 9.17) is 9.47 Å². The molecule has 0 heterocycles. The van der Waals surface area contributed by atoms with E-state index >= 15 is 0 Å². The van der Waals surface area contributed by atoms with E-state index in [0.717, 1.165) is 5.56 Å². The van der Waals surface area contributed by atoms with Crippen molar-refractivity contribution in [2.45, 2.75) is 26.0 Å². The predicted octanol–water partition coefficient (Wildman–Crippen LogP) is 1.74. The minimum Gasteiger partial charge on any atom is -0.493 e. The molecule has 0 fully saturated rings. The summed E-state index contributed by atoms with van der Waals surface area (Å²) in [5.41, 5.74) is 1.13. The Hall–Kier alpha value is -1.26. The van der Waals surface area contributed by atoms with Crippen LogP contribution in [0.3, 0.4) is 0 Å². The lowest BCUT2D eigenvalue weighted by molar-refractivity contribution is 0.120. The van der Waals surface area contributed by atoms with Gasteiger partial charge in [0.2, 0.25) is 0 Å². The zero-order chi connectivity index (χ0) is 12.8. The quantitative estimate of drug-likeness (QED) is 0.794. The number of aliphatic hydroxyl groups is 1. The maximum atomic E-state index is 9.18. The highest BCUT2D eigenvalue weighted by Crippen LogP contribution is 2.30. The second-order valence-electron chi connectivity index (χ2n) is 4.08. The fraction of sp³-hybridized carbons (Fsp3) is 0.538. The molecule has 0 aliphatic rings. The molecule has 0 bridgehead atoms. The van der Waals surface area contributed by atoms with E-state index in [2.05, 4.69) is 12.2 Å². The molecule has 2 N–H and O–H groups in total. The Bertz CT molecular complexity index is 353. The zero-order valence-corrected chi connectivity index (χ0v) is 10.9. The summed E-state index contributed by atoms with van der Waals surface area (Å²) in [5.74, 6) is 1.34. The van der Waals surface area contributed by atoms with Crippen molar-refractivity contribution in [3.63, 3.8) is 0 Å². The summed E-state index contributed by atoms with van der Waals surface area (Å²) in [5, 5.41) is 12.3. The fourth-order valence-electron chi connectivity index (χ4n) is 1.45. The van der Waals surface area contributed by atoms with E-state index < -0.39 is 6.10 Å². The Labute approximate surface area is 103 Å². The first-order chi connectivity index (χ1) is 8.08. The lowest BCUT2D eigenvalue weighted by Gasteiger charge is -2.16. The van der Waals surface area contributed by atoms with Gasteiger partial charge in [-0.2, -0.15) is 0 Å². The Morgan fingerprint density at radius 2 is 2.00 bits per heavy atom. The third kappa shape index (κ3) is 3.91. The van der Waals surface area contributed by atoms with E-state index in [0.29, 0.717) is 11.5 Å². The number of ether oxygens (including phenoxy) is 2. The molecule has 2 atom stereocenters. The van der Waals surface area contributed by atoms with Gasteiger partial charge in [-0.05, 0) is 38.6 Å². The Morgan fingerprint density at radius 3 is 2.53 bits per heavy atom. The van der Waals surface area contributed by atoms with Gasteiger partial charge in [0, 0.05) is 6.04 Å². The second-order valence-corrected chi connectivity index (χ2v) is 4.08. The van der Waals surface area contributed by atoms with Gasteiger partial charge in [0.05, 0.1) is 13.2 Å². The fourth-order valence-corrected chi connectivity index (χ4v) is 1.45. The van der Waals surface area contributed by atoms with Gasteiger partial charge < -0.3 is 19.9 Å². The number of rotatable bonds is 6. The van der Waals surface area contributed by atoms with Crippen molar-refractivity contribution in [1.82, 2.24) is 5.32 Å². The second kappa shape index (κ2) is 6.47. The Kier molecular flexibility index (Phi) is 5.25. The number of hydrogen-bond donors (Lipinski definition) is 2. The van der Waals surface area contributed by atoms with Crippen molar-refractivity contribution < 1.29 is 14.6 Å². The van der Waals surface area contributed by atoms with Crippen LogP contribution in [0.2, 0.25) is 0 Å². The van der Waals surface area contributed by atoms with Gasteiger partial charge in [0.25, 0.3) is 0 Å². The molecule has 0 amide bonds. The highest BCUT2D eigenvalue weighted by molar-refractivity contribution is 5.43. The minimum atomic E-state index is -0.490. The first-order valence-electron chi connectivity index (χ1n) is 5.74. The van der Waals surface area contributed by atoms with Crippen LogP contribution in [0.4, 0.5) is 0 Å². The highest BCUT2D eigenvalue weighted by Gasteiger charge is 2.10. The molecule has 0 saturated heterocycles. The highest BCUT2D eigenvalue weighted by atomic mass is 16.5. The molecule has 1 aromatic rings. The van der Waals surface area contributed by atoms with Gasteiger partial charge in [0.15, 0.2) is 11.5 Å².